The van der Waals surface area contributed by atoms with E-state index in [1.54, 1.807) is 13.0 Å². The van der Waals surface area contributed by atoms with E-state index in [9.17, 15) is 14.4 Å². The number of amides is 2. The normalized spacial score (nSPS) is 14.2. The molecule has 1 saturated carbocycles. The van der Waals surface area contributed by atoms with Crippen LogP contribution in [0.5, 0.6) is 0 Å². The zero-order valence-corrected chi connectivity index (χ0v) is 16.6. The number of carbonyl (C=O) groups is 3. The minimum atomic E-state index is -1.16. The third-order valence-corrected chi connectivity index (χ3v) is 5.62. The van der Waals surface area contributed by atoms with Crippen LogP contribution in [0.4, 0.5) is 11.4 Å². The number of carboxylic acids is 1. The third-order valence-electron chi connectivity index (χ3n) is 4.20. The van der Waals surface area contributed by atoms with Crippen molar-refractivity contribution in [2.24, 2.45) is 5.92 Å². The van der Waals surface area contributed by atoms with Gasteiger partial charge in [-0.15, -0.1) is 11.8 Å². The van der Waals surface area contributed by atoms with Gasteiger partial charge in [-0.3, -0.25) is 9.59 Å². The SMILES string of the molecule is CC(Sc1cccc(NC(=O)C2CC2)c1)C(=O)Nc1ccc(Cl)c(C(=O)O)c1. The van der Waals surface area contributed by atoms with Gasteiger partial charge in [0.25, 0.3) is 0 Å². The minimum Gasteiger partial charge on any atom is -0.478 e. The molecule has 0 aromatic heterocycles. The Balaban J connectivity index is 1.62. The predicted molar refractivity (Wildman–Crippen MR) is 110 cm³/mol. The van der Waals surface area contributed by atoms with Crippen molar-refractivity contribution in [2.45, 2.75) is 29.9 Å². The van der Waals surface area contributed by atoms with E-state index in [1.165, 1.54) is 23.9 Å². The highest BCUT2D eigenvalue weighted by Gasteiger charge is 2.29. The molecule has 2 aromatic carbocycles. The first kappa shape index (κ1) is 20.2. The van der Waals surface area contributed by atoms with Crippen LogP contribution in [0.15, 0.2) is 47.4 Å². The van der Waals surface area contributed by atoms with Crippen LogP contribution >= 0.6 is 23.4 Å². The number of aromatic carboxylic acids is 1. The first-order valence-corrected chi connectivity index (χ1v) is 10.0. The van der Waals surface area contributed by atoms with E-state index in [0.717, 1.165) is 17.7 Å². The Morgan fingerprint density at radius 1 is 1.11 bits per heavy atom. The molecule has 1 unspecified atom stereocenters. The van der Waals surface area contributed by atoms with Gasteiger partial charge in [-0.25, -0.2) is 4.79 Å². The van der Waals surface area contributed by atoms with Gasteiger partial charge in [0.2, 0.25) is 11.8 Å². The molecule has 2 aromatic rings. The summed E-state index contributed by atoms with van der Waals surface area (Å²) in [6, 6.07) is 11.7. The summed E-state index contributed by atoms with van der Waals surface area (Å²) in [5, 5.41) is 14.4. The van der Waals surface area contributed by atoms with Crippen LogP contribution in [-0.4, -0.2) is 28.1 Å². The minimum absolute atomic E-state index is 0.0323. The summed E-state index contributed by atoms with van der Waals surface area (Å²) in [7, 11) is 0. The lowest BCUT2D eigenvalue weighted by atomic mass is 10.2. The number of hydrogen-bond donors (Lipinski definition) is 3. The van der Waals surface area contributed by atoms with Crippen molar-refractivity contribution >= 4 is 52.5 Å². The summed E-state index contributed by atoms with van der Waals surface area (Å²) in [5.41, 5.74) is 1.00. The van der Waals surface area contributed by atoms with Gasteiger partial charge >= 0.3 is 5.97 Å². The molecule has 146 valence electrons. The Labute approximate surface area is 171 Å². The van der Waals surface area contributed by atoms with E-state index < -0.39 is 11.2 Å². The first-order chi connectivity index (χ1) is 13.3. The van der Waals surface area contributed by atoms with Crippen LogP contribution in [0.2, 0.25) is 5.02 Å². The summed E-state index contributed by atoms with van der Waals surface area (Å²) in [6.07, 6.45) is 1.87. The van der Waals surface area contributed by atoms with Gasteiger partial charge in [0.05, 0.1) is 15.8 Å². The lowest BCUT2D eigenvalue weighted by Crippen LogP contribution is -2.22. The Kier molecular flexibility index (Phi) is 6.26. The van der Waals surface area contributed by atoms with Crippen molar-refractivity contribution in [2.75, 3.05) is 10.6 Å². The molecule has 28 heavy (non-hydrogen) atoms. The number of halogens is 1. The van der Waals surface area contributed by atoms with Gasteiger partial charge in [0.15, 0.2) is 0 Å². The summed E-state index contributed by atoms with van der Waals surface area (Å²) >= 11 is 7.19. The predicted octanol–water partition coefficient (Wildman–Crippen LogP) is 4.51. The average molecular weight is 419 g/mol. The fourth-order valence-electron chi connectivity index (χ4n) is 2.51. The lowest BCUT2D eigenvalue weighted by Gasteiger charge is -2.13. The molecule has 0 aliphatic heterocycles. The van der Waals surface area contributed by atoms with E-state index in [0.29, 0.717) is 11.4 Å². The molecule has 6 nitrogen and oxygen atoms in total. The van der Waals surface area contributed by atoms with E-state index in [-0.39, 0.29) is 28.3 Å². The monoisotopic (exact) mass is 418 g/mol. The fourth-order valence-corrected chi connectivity index (χ4v) is 3.63. The lowest BCUT2D eigenvalue weighted by molar-refractivity contribution is -0.117. The number of carboxylic acid groups (broad SMARTS) is 1. The number of nitrogens with one attached hydrogen (secondary N) is 2. The van der Waals surface area contributed by atoms with Gasteiger partial charge in [0, 0.05) is 22.2 Å². The highest BCUT2D eigenvalue weighted by Crippen LogP contribution is 2.31. The van der Waals surface area contributed by atoms with E-state index >= 15 is 0 Å². The highest BCUT2D eigenvalue weighted by molar-refractivity contribution is 8.00. The van der Waals surface area contributed by atoms with Crippen LogP contribution in [0, 0.1) is 5.92 Å². The highest BCUT2D eigenvalue weighted by atomic mass is 35.5. The molecule has 0 saturated heterocycles. The second kappa shape index (κ2) is 8.67. The summed E-state index contributed by atoms with van der Waals surface area (Å²) in [5.74, 6) is -1.27. The fraction of sp³-hybridized carbons (Fsp3) is 0.250. The number of thioether (sulfide) groups is 1. The third kappa shape index (κ3) is 5.27. The average Bonchev–Trinajstić information content (AvgIpc) is 3.48. The molecule has 1 aliphatic carbocycles. The van der Waals surface area contributed by atoms with Gasteiger partial charge in [-0.2, -0.15) is 0 Å². The second-order valence-electron chi connectivity index (χ2n) is 6.54. The maximum absolute atomic E-state index is 12.5. The molecule has 0 bridgehead atoms. The standard InChI is InChI=1S/C20H19ClN2O4S/c1-11(18(24)22-14-7-8-17(21)16(10-14)20(26)27)28-15-4-2-3-13(9-15)23-19(25)12-5-6-12/h2-4,7-12H,5-6H2,1H3,(H,22,24)(H,23,25)(H,26,27). The van der Waals surface area contributed by atoms with Crippen molar-refractivity contribution in [1.29, 1.82) is 0 Å². The maximum Gasteiger partial charge on any atom is 0.337 e. The quantitative estimate of drug-likeness (QED) is 0.575. The summed E-state index contributed by atoms with van der Waals surface area (Å²) in [6.45, 7) is 1.75. The van der Waals surface area contributed by atoms with Crippen LogP contribution in [0.1, 0.15) is 30.1 Å². The molecule has 1 fully saturated rings. The Bertz CT molecular complexity index is 930. The zero-order valence-electron chi connectivity index (χ0n) is 15.1. The molecular weight excluding hydrogens is 400 g/mol. The summed E-state index contributed by atoms with van der Waals surface area (Å²) in [4.78, 5) is 36.4. The van der Waals surface area contributed by atoms with Crippen LogP contribution in [0.3, 0.4) is 0 Å². The van der Waals surface area contributed by atoms with Crippen LogP contribution in [0.25, 0.3) is 0 Å². The maximum atomic E-state index is 12.5. The summed E-state index contributed by atoms with van der Waals surface area (Å²) < 4.78 is 0. The Morgan fingerprint density at radius 3 is 2.50 bits per heavy atom. The largest absolute Gasteiger partial charge is 0.478 e. The molecule has 1 atom stereocenters. The van der Waals surface area contributed by atoms with Crippen molar-refractivity contribution in [3.8, 4) is 0 Å². The second-order valence-corrected chi connectivity index (χ2v) is 8.36. The van der Waals surface area contributed by atoms with Crippen molar-refractivity contribution in [3.05, 3.63) is 53.1 Å². The molecule has 3 rings (SSSR count). The molecule has 3 N–H and O–H groups in total. The number of rotatable bonds is 7. The van der Waals surface area contributed by atoms with Crippen molar-refractivity contribution < 1.29 is 19.5 Å². The number of hydrogen-bond acceptors (Lipinski definition) is 4. The zero-order chi connectivity index (χ0) is 20.3. The first-order valence-electron chi connectivity index (χ1n) is 8.75. The van der Waals surface area contributed by atoms with Gasteiger partial charge in [-0.05, 0) is 56.2 Å². The van der Waals surface area contributed by atoms with Crippen molar-refractivity contribution in [1.82, 2.24) is 0 Å². The molecule has 0 spiro atoms. The van der Waals surface area contributed by atoms with Gasteiger partial charge in [0.1, 0.15) is 0 Å². The smallest absolute Gasteiger partial charge is 0.337 e. The van der Waals surface area contributed by atoms with Crippen LogP contribution < -0.4 is 10.6 Å². The molecule has 0 heterocycles. The van der Waals surface area contributed by atoms with Gasteiger partial charge in [-0.1, -0.05) is 17.7 Å². The number of carbonyl (C=O) groups excluding carboxylic acids is 2. The Hall–Kier alpha value is -2.51. The molecule has 0 radical (unpaired) electrons. The van der Waals surface area contributed by atoms with E-state index in [4.69, 9.17) is 16.7 Å². The van der Waals surface area contributed by atoms with Gasteiger partial charge < -0.3 is 15.7 Å². The number of anilines is 2. The molecular formula is C20H19ClN2O4S. The molecule has 8 heteroatoms. The molecule has 2 amide bonds. The Morgan fingerprint density at radius 2 is 1.82 bits per heavy atom. The van der Waals surface area contributed by atoms with E-state index in [2.05, 4.69) is 10.6 Å². The van der Waals surface area contributed by atoms with Crippen molar-refractivity contribution in [3.63, 3.8) is 0 Å². The molecule has 1 aliphatic rings. The van der Waals surface area contributed by atoms with E-state index in [1.807, 2.05) is 24.3 Å². The number of benzene rings is 2. The topological polar surface area (TPSA) is 95.5 Å². The van der Waals surface area contributed by atoms with Crippen LogP contribution in [-0.2, 0) is 9.59 Å².